The lowest BCUT2D eigenvalue weighted by atomic mass is 10.1. The van der Waals surface area contributed by atoms with Crippen molar-refractivity contribution in [3.05, 3.63) is 48.2 Å². The van der Waals surface area contributed by atoms with Gasteiger partial charge in [-0.15, -0.1) is 0 Å². The zero-order chi connectivity index (χ0) is 21.1. The van der Waals surface area contributed by atoms with E-state index < -0.39 is 0 Å². The van der Waals surface area contributed by atoms with Gasteiger partial charge in [0, 0.05) is 50.3 Å². The second-order valence-corrected chi connectivity index (χ2v) is 7.34. The first-order valence-corrected chi connectivity index (χ1v) is 10.1. The summed E-state index contributed by atoms with van der Waals surface area (Å²) in [4.78, 5) is 33.1. The molecule has 0 aliphatic carbocycles. The molecule has 8 heteroatoms. The van der Waals surface area contributed by atoms with E-state index in [-0.39, 0.29) is 5.91 Å². The summed E-state index contributed by atoms with van der Waals surface area (Å²) >= 11 is 0. The zero-order valence-corrected chi connectivity index (χ0v) is 17.6. The van der Waals surface area contributed by atoms with E-state index in [2.05, 4.69) is 30.9 Å². The van der Waals surface area contributed by atoms with Gasteiger partial charge in [-0.2, -0.15) is 0 Å². The molecular weight excluding hydrogens is 380 g/mol. The summed E-state index contributed by atoms with van der Waals surface area (Å²) in [5.41, 5.74) is 4.93. The number of nitrogens with zero attached hydrogens (tertiary/aromatic N) is 5. The minimum Gasteiger partial charge on any atom is -0.378 e. The van der Waals surface area contributed by atoms with Crippen LogP contribution in [0, 0.1) is 6.92 Å². The third-order valence-electron chi connectivity index (χ3n) is 5.34. The predicted molar refractivity (Wildman–Crippen MR) is 115 cm³/mol. The van der Waals surface area contributed by atoms with Crippen LogP contribution in [0.4, 0.5) is 5.69 Å². The highest BCUT2D eigenvalue weighted by Crippen LogP contribution is 2.27. The Kier molecular flexibility index (Phi) is 5.76. The summed E-state index contributed by atoms with van der Waals surface area (Å²) in [5.74, 6) is 0.482. The van der Waals surface area contributed by atoms with E-state index >= 15 is 0 Å². The summed E-state index contributed by atoms with van der Waals surface area (Å²) in [6.45, 7) is 7.60. The number of carbonyl (C=O) groups is 1. The molecule has 1 amide bonds. The first-order chi connectivity index (χ1) is 14.6. The van der Waals surface area contributed by atoms with Crippen molar-refractivity contribution in [3.63, 3.8) is 0 Å². The molecule has 1 aliphatic rings. The van der Waals surface area contributed by atoms with Gasteiger partial charge in [0.1, 0.15) is 11.4 Å². The van der Waals surface area contributed by atoms with Crippen LogP contribution in [0.25, 0.3) is 22.6 Å². The molecule has 1 fully saturated rings. The van der Waals surface area contributed by atoms with Gasteiger partial charge >= 0.3 is 0 Å². The van der Waals surface area contributed by atoms with Crippen LogP contribution in [0.15, 0.2) is 36.8 Å². The molecule has 0 bridgehead atoms. The third-order valence-corrected chi connectivity index (χ3v) is 5.34. The monoisotopic (exact) mass is 406 g/mol. The Morgan fingerprint density at radius 1 is 1.23 bits per heavy atom. The highest BCUT2D eigenvalue weighted by atomic mass is 16.5. The quantitative estimate of drug-likeness (QED) is 0.701. The van der Waals surface area contributed by atoms with Crippen LogP contribution < -0.4 is 4.90 Å². The van der Waals surface area contributed by atoms with E-state index in [1.807, 2.05) is 38.4 Å². The van der Waals surface area contributed by atoms with Gasteiger partial charge in [-0.25, -0.2) is 4.98 Å². The van der Waals surface area contributed by atoms with Gasteiger partial charge in [-0.3, -0.25) is 14.8 Å². The first-order valence-electron chi connectivity index (χ1n) is 10.1. The fourth-order valence-electron chi connectivity index (χ4n) is 3.43. The van der Waals surface area contributed by atoms with Crippen LogP contribution in [0.5, 0.6) is 0 Å². The normalized spacial score (nSPS) is 14.0. The van der Waals surface area contributed by atoms with Gasteiger partial charge in [-0.1, -0.05) is 0 Å². The smallest absolute Gasteiger partial charge is 0.274 e. The van der Waals surface area contributed by atoms with Gasteiger partial charge in [0.15, 0.2) is 5.82 Å². The molecule has 3 aromatic heterocycles. The third kappa shape index (κ3) is 4.04. The Morgan fingerprint density at radius 2 is 2.03 bits per heavy atom. The van der Waals surface area contributed by atoms with E-state index in [9.17, 15) is 4.79 Å². The van der Waals surface area contributed by atoms with Crippen LogP contribution in [-0.4, -0.2) is 70.6 Å². The maximum atomic E-state index is 12.5. The molecule has 0 radical (unpaired) electrons. The fraction of sp³-hybridized carbons (Fsp3) is 0.364. The number of anilines is 1. The van der Waals surface area contributed by atoms with E-state index in [0.717, 1.165) is 48.8 Å². The van der Waals surface area contributed by atoms with E-state index in [4.69, 9.17) is 4.74 Å². The standard InChI is InChI=1S/C22H26N6O2/c1-4-27(3)22(29)20-15(2)25-21(26-20)19-12-16(5-6-24-19)17-11-18(14-23-13-17)28-7-9-30-10-8-28/h5-6,11-14H,4,7-10H2,1-3H3,(H,25,26). The van der Waals surface area contributed by atoms with Crippen molar-refractivity contribution in [3.8, 4) is 22.6 Å². The molecular formula is C22H26N6O2. The van der Waals surface area contributed by atoms with Gasteiger partial charge < -0.3 is 19.5 Å². The number of aromatic nitrogens is 4. The average Bonchev–Trinajstić information content (AvgIpc) is 3.20. The zero-order valence-electron chi connectivity index (χ0n) is 17.6. The minimum atomic E-state index is -0.101. The Morgan fingerprint density at radius 3 is 2.80 bits per heavy atom. The number of nitrogens with one attached hydrogen (secondary N) is 1. The molecule has 8 nitrogen and oxygen atoms in total. The van der Waals surface area contributed by atoms with Crippen LogP contribution >= 0.6 is 0 Å². The van der Waals surface area contributed by atoms with Crippen molar-refractivity contribution < 1.29 is 9.53 Å². The number of hydrogen-bond acceptors (Lipinski definition) is 6. The number of pyridine rings is 2. The van der Waals surface area contributed by atoms with Gasteiger partial charge in [0.05, 0.1) is 25.1 Å². The molecule has 156 valence electrons. The van der Waals surface area contributed by atoms with Crippen molar-refractivity contribution in [1.82, 2.24) is 24.8 Å². The minimum absolute atomic E-state index is 0.101. The Labute approximate surface area is 175 Å². The lowest BCUT2D eigenvalue weighted by Gasteiger charge is -2.28. The molecule has 1 N–H and O–H groups in total. The Hall–Kier alpha value is -3.26. The molecule has 4 rings (SSSR count). The number of carbonyl (C=O) groups excluding carboxylic acids is 1. The maximum Gasteiger partial charge on any atom is 0.274 e. The maximum absolute atomic E-state index is 12.5. The number of rotatable bonds is 5. The average molecular weight is 406 g/mol. The van der Waals surface area contributed by atoms with Crippen LogP contribution in [-0.2, 0) is 4.74 Å². The lowest BCUT2D eigenvalue weighted by molar-refractivity contribution is 0.0796. The highest BCUT2D eigenvalue weighted by molar-refractivity contribution is 5.93. The van der Waals surface area contributed by atoms with Crippen molar-refractivity contribution >= 4 is 11.6 Å². The van der Waals surface area contributed by atoms with Crippen molar-refractivity contribution in [2.45, 2.75) is 13.8 Å². The van der Waals surface area contributed by atoms with Gasteiger partial charge in [0.25, 0.3) is 5.91 Å². The number of imidazole rings is 1. The van der Waals surface area contributed by atoms with Crippen molar-refractivity contribution in [2.24, 2.45) is 0 Å². The molecule has 0 aromatic carbocycles. The van der Waals surface area contributed by atoms with Gasteiger partial charge in [-0.05, 0) is 37.6 Å². The summed E-state index contributed by atoms with van der Waals surface area (Å²) in [6.07, 6.45) is 5.49. The number of H-pyrrole nitrogens is 1. The number of morpholine rings is 1. The Balaban J connectivity index is 1.63. The first kappa shape index (κ1) is 20.0. The predicted octanol–water partition coefficient (Wildman–Crippen LogP) is 2.77. The number of aryl methyl sites for hydroxylation is 1. The largest absolute Gasteiger partial charge is 0.378 e. The molecule has 0 saturated carbocycles. The van der Waals surface area contributed by atoms with Crippen molar-refractivity contribution in [1.29, 1.82) is 0 Å². The molecule has 1 saturated heterocycles. The summed E-state index contributed by atoms with van der Waals surface area (Å²) in [6, 6.07) is 6.06. The molecule has 1 aliphatic heterocycles. The topological polar surface area (TPSA) is 87.2 Å². The van der Waals surface area contributed by atoms with Crippen LogP contribution in [0.2, 0.25) is 0 Å². The number of ether oxygens (including phenoxy) is 1. The summed E-state index contributed by atoms with van der Waals surface area (Å²) < 4.78 is 5.44. The SMILES string of the molecule is CCN(C)C(=O)c1nc(-c2cc(-c3cncc(N4CCOCC4)c3)ccn2)[nH]c1C. The van der Waals surface area contributed by atoms with E-state index in [1.165, 1.54) is 0 Å². The second-order valence-electron chi connectivity index (χ2n) is 7.34. The molecule has 0 spiro atoms. The molecule has 30 heavy (non-hydrogen) atoms. The number of aromatic amines is 1. The molecule has 0 atom stereocenters. The lowest BCUT2D eigenvalue weighted by Crippen LogP contribution is -2.36. The number of amides is 1. The molecule has 3 aromatic rings. The molecule has 4 heterocycles. The summed E-state index contributed by atoms with van der Waals surface area (Å²) in [5, 5.41) is 0. The van der Waals surface area contributed by atoms with Crippen LogP contribution in [0.1, 0.15) is 23.1 Å². The van der Waals surface area contributed by atoms with Crippen molar-refractivity contribution in [2.75, 3.05) is 44.8 Å². The van der Waals surface area contributed by atoms with Gasteiger partial charge in [0.2, 0.25) is 0 Å². The van der Waals surface area contributed by atoms with Crippen LogP contribution in [0.3, 0.4) is 0 Å². The Bertz CT molecular complexity index is 1040. The summed E-state index contributed by atoms with van der Waals surface area (Å²) in [7, 11) is 1.77. The van der Waals surface area contributed by atoms with E-state index in [1.54, 1.807) is 18.1 Å². The second kappa shape index (κ2) is 8.62. The number of hydrogen-bond donors (Lipinski definition) is 1. The fourth-order valence-corrected chi connectivity index (χ4v) is 3.43. The highest BCUT2D eigenvalue weighted by Gasteiger charge is 2.19. The van der Waals surface area contributed by atoms with E-state index in [0.29, 0.717) is 23.8 Å². The molecule has 0 unspecified atom stereocenters.